The minimum absolute atomic E-state index is 0.203. The van der Waals surface area contributed by atoms with Crippen molar-refractivity contribution in [3.8, 4) is 16.3 Å². The zero-order valence-electron chi connectivity index (χ0n) is 24.7. The molecule has 1 unspecified atom stereocenters. The number of carboxylic acid groups (broad SMARTS) is 1. The molecule has 0 bridgehead atoms. The minimum atomic E-state index is -4.40. The molecule has 1 N–H and O–H groups in total. The molecule has 1 atom stereocenters. The number of rotatable bonds is 12. The molecule has 0 radical (unpaired) electrons. The first-order chi connectivity index (χ1) is 21.0. The monoisotopic (exact) mass is 647 g/mol. The molecule has 0 spiro atoms. The molecule has 12 heteroatoms. The number of benzene rings is 2. The number of aliphatic carboxylic acids is 1. The van der Waals surface area contributed by atoms with E-state index in [0.29, 0.717) is 54.5 Å². The predicted molar refractivity (Wildman–Crippen MR) is 165 cm³/mol. The zero-order chi connectivity index (χ0) is 31.4. The number of amides is 1. The van der Waals surface area contributed by atoms with Crippen molar-refractivity contribution >= 4 is 35.0 Å². The molecule has 44 heavy (non-hydrogen) atoms. The summed E-state index contributed by atoms with van der Waals surface area (Å²) in [5.41, 5.74) is 1.67. The topological polar surface area (TPSA) is 83.0 Å². The van der Waals surface area contributed by atoms with Gasteiger partial charge in [-0.2, -0.15) is 13.2 Å². The molecule has 1 saturated carbocycles. The fraction of sp³-hybridized carbons (Fsp3) is 0.469. The number of nitrogens with zero attached hydrogens (tertiary/aromatic N) is 3. The van der Waals surface area contributed by atoms with Gasteiger partial charge in [0.1, 0.15) is 10.8 Å². The van der Waals surface area contributed by atoms with E-state index in [1.165, 1.54) is 23.5 Å². The van der Waals surface area contributed by atoms with E-state index in [0.717, 1.165) is 59.1 Å². The summed E-state index contributed by atoms with van der Waals surface area (Å²) in [4.78, 5) is 35.2. The summed E-state index contributed by atoms with van der Waals surface area (Å²) in [7, 11) is 0. The maximum Gasteiger partial charge on any atom is 0.416 e. The van der Waals surface area contributed by atoms with Gasteiger partial charge >= 0.3 is 12.1 Å². The fourth-order valence-electron chi connectivity index (χ4n) is 5.11. The Labute approximate surface area is 263 Å². The normalized spacial score (nSPS) is 16.6. The summed E-state index contributed by atoms with van der Waals surface area (Å²) in [5, 5.41) is 10.1. The summed E-state index contributed by atoms with van der Waals surface area (Å²) < 4.78 is 45.2. The lowest BCUT2D eigenvalue weighted by Crippen LogP contribution is -2.48. The van der Waals surface area contributed by atoms with Gasteiger partial charge in [0.05, 0.1) is 11.3 Å². The second-order valence-electron chi connectivity index (χ2n) is 11.3. The van der Waals surface area contributed by atoms with Crippen LogP contribution in [-0.4, -0.2) is 64.0 Å². The van der Waals surface area contributed by atoms with Gasteiger partial charge in [-0.15, -0.1) is 23.1 Å². The third-order valence-electron chi connectivity index (χ3n) is 7.83. The van der Waals surface area contributed by atoms with Crippen LogP contribution in [0, 0.1) is 12.8 Å². The first-order valence-corrected chi connectivity index (χ1v) is 16.6. The summed E-state index contributed by atoms with van der Waals surface area (Å²) in [6.45, 7) is 7.26. The molecule has 3 aromatic rings. The van der Waals surface area contributed by atoms with Gasteiger partial charge in [0.15, 0.2) is 6.10 Å². The molecule has 7 nitrogen and oxygen atoms in total. The van der Waals surface area contributed by atoms with E-state index in [2.05, 4.69) is 4.90 Å². The summed E-state index contributed by atoms with van der Waals surface area (Å²) in [6, 6.07) is 10.8. The molecule has 2 aromatic carbocycles. The molecule has 1 aromatic heterocycles. The molecule has 236 valence electrons. The second-order valence-corrected chi connectivity index (χ2v) is 13.4. The first-order valence-electron chi connectivity index (χ1n) is 14.8. The van der Waals surface area contributed by atoms with E-state index in [1.807, 2.05) is 30.9 Å². The lowest BCUT2D eigenvalue weighted by molar-refractivity contribution is -0.145. The van der Waals surface area contributed by atoms with Gasteiger partial charge < -0.3 is 14.7 Å². The van der Waals surface area contributed by atoms with Crippen LogP contribution in [-0.2, 0) is 28.1 Å². The van der Waals surface area contributed by atoms with Gasteiger partial charge in [-0.05, 0) is 62.1 Å². The van der Waals surface area contributed by atoms with Crippen molar-refractivity contribution in [2.75, 3.05) is 26.2 Å². The molecule has 1 amide bonds. The van der Waals surface area contributed by atoms with Gasteiger partial charge in [-0.3, -0.25) is 9.69 Å². The SMILES string of the molecule is CCCC(Oc1ccc(SCc2sc(-c3ccc(C(F)(F)F)cc3)nc2CN2CCN(C(=O)C3CC3)CC2)cc1C)C(=O)O. The molecule has 1 aliphatic heterocycles. The minimum Gasteiger partial charge on any atom is -0.479 e. The first kappa shape index (κ1) is 32.3. The summed E-state index contributed by atoms with van der Waals surface area (Å²) in [5.74, 6) is 0.630. The number of hydrogen-bond acceptors (Lipinski definition) is 7. The highest BCUT2D eigenvalue weighted by Crippen LogP contribution is 2.37. The van der Waals surface area contributed by atoms with Crippen molar-refractivity contribution in [1.82, 2.24) is 14.8 Å². The Morgan fingerprint density at radius 2 is 1.82 bits per heavy atom. The Bertz CT molecular complexity index is 1470. The molecular weight excluding hydrogens is 611 g/mol. The fourth-order valence-corrected chi connectivity index (χ4v) is 7.29. The number of carbonyl (C=O) groups is 2. The van der Waals surface area contributed by atoms with E-state index in [9.17, 15) is 27.9 Å². The molecule has 1 aliphatic carbocycles. The van der Waals surface area contributed by atoms with Crippen LogP contribution in [0.2, 0.25) is 0 Å². The lowest BCUT2D eigenvalue weighted by Gasteiger charge is -2.34. The van der Waals surface area contributed by atoms with Crippen LogP contribution in [0.1, 0.15) is 54.3 Å². The highest BCUT2D eigenvalue weighted by Gasteiger charge is 2.35. The summed E-state index contributed by atoms with van der Waals surface area (Å²) >= 11 is 3.10. The maximum absolute atomic E-state index is 13.1. The standard InChI is InChI=1S/C32H36F3N3O4S2/c1-3-4-27(31(40)41)42-26-12-11-24(17-20(26)2)43-19-28-25(18-37-13-15-38(16-14-37)30(39)22-5-6-22)36-29(44-28)21-7-9-23(10-8-21)32(33,34)35/h7-12,17,22,27H,3-6,13-16,18-19H2,1-2H3,(H,40,41). The number of aromatic nitrogens is 1. The lowest BCUT2D eigenvalue weighted by atomic mass is 10.1. The number of piperazine rings is 1. The number of aryl methyl sites for hydroxylation is 1. The van der Waals surface area contributed by atoms with E-state index in [-0.39, 0.29) is 11.8 Å². The second kappa shape index (κ2) is 13.9. The van der Waals surface area contributed by atoms with Crippen molar-refractivity contribution in [3.63, 3.8) is 0 Å². The summed E-state index contributed by atoms with van der Waals surface area (Å²) in [6.07, 6.45) is -2.20. The number of thiazole rings is 1. The third kappa shape index (κ3) is 8.13. The highest BCUT2D eigenvalue weighted by molar-refractivity contribution is 7.98. The Balaban J connectivity index is 1.31. The van der Waals surface area contributed by atoms with Crippen LogP contribution >= 0.6 is 23.1 Å². The van der Waals surface area contributed by atoms with Crippen molar-refractivity contribution in [2.24, 2.45) is 5.92 Å². The third-order valence-corrected chi connectivity index (χ3v) is 10.2. The van der Waals surface area contributed by atoms with Crippen molar-refractivity contribution in [1.29, 1.82) is 0 Å². The quantitative estimate of drug-likeness (QED) is 0.210. The smallest absolute Gasteiger partial charge is 0.416 e. The van der Waals surface area contributed by atoms with Crippen molar-refractivity contribution in [3.05, 3.63) is 64.2 Å². The zero-order valence-corrected chi connectivity index (χ0v) is 26.4. The van der Waals surface area contributed by atoms with Gasteiger partial charge in [0.2, 0.25) is 5.91 Å². The van der Waals surface area contributed by atoms with Crippen LogP contribution in [0.25, 0.3) is 10.6 Å². The Hall–Kier alpha value is -3.09. The van der Waals surface area contributed by atoms with E-state index < -0.39 is 23.8 Å². The Morgan fingerprint density at radius 3 is 2.41 bits per heavy atom. The average Bonchev–Trinajstić information content (AvgIpc) is 3.77. The number of ether oxygens (including phenoxy) is 1. The molecule has 2 fully saturated rings. The van der Waals surface area contributed by atoms with Gasteiger partial charge in [0.25, 0.3) is 0 Å². The van der Waals surface area contributed by atoms with Crippen LogP contribution < -0.4 is 4.74 Å². The van der Waals surface area contributed by atoms with Crippen molar-refractivity contribution in [2.45, 2.75) is 69.0 Å². The number of hydrogen-bond donors (Lipinski definition) is 1. The largest absolute Gasteiger partial charge is 0.479 e. The van der Waals surface area contributed by atoms with Gasteiger partial charge in [-0.1, -0.05) is 25.5 Å². The average molecular weight is 648 g/mol. The molecule has 2 heterocycles. The van der Waals surface area contributed by atoms with E-state index >= 15 is 0 Å². The number of carboxylic acids is 1. The van der Waals surface area contributed by atoms with Crippen LogP contribution in [0.15, 0.2) is 47.4 Å². The Morgan fingerprint density at radius 1 is 1.11 bits per heavy atom. The number of thioether (sulfide) groups is 1. The van der Waals surface area contributed by atoms with E-state index in [1.54, 1.807) is 17.8 Å². The highest BCUT2D eigenvalue weighted by atomic mass is 32.2. The number of alkyl halides is 3. The molecule has 2 aliphatic rings. The Kier molecular flexibility index (Phi) is 10.2. The van der Waals surface area contributed by atoms with Crippen LogP contribution in [0.3, 0.4) is 0 Å². The maximum atomic E-state index is 13.1. The number of halogens is 3. The van der Waals surface area contributed by atoms with Crippen molar-refractivity contribution < 1.29 is 32.6 Å². The van der Waals surface area contributed by atoms with Gasteiger partial charge in [0, 0.05) is 59.7 Å². The van der Waals surface area contributed by atoms with Gasteiger partial charge in [-0.25, -0.2) is 9.78 Å². The molecule has 1 saturated heterocycles. The molecular formula is C32H36F3N3O4S2. The number of carbonyl (C=O) groups excluding carboxylic acids is 1. The van der Waals surface area contributed by atoms with E-state index in [4.69, 9.17) is 9.72 Å². The van der Waals surface area contributed by atoms with Crippen LogP contribution in [0.5, 0.6) is 5.75 Å². The molecule has 5 rings (SSSR count). The predicted octanol–water partition coefficient (Wildman–Crippen LogP) is 7.12. The van der Waals surface area contributed by atoms with Crippen LogP contribution in [0.4, 0.5) is 13.2 Å².